The van der Waals surface area contributed by atoms with Crippen molar-refractivity contribution in [3.63, 3.8) is 0 Å². The maximum atomic E-state index is 13.8. The summed E-state index contributed by atoms with van der Waals surface area (Å²) in [6.45, 7) is 1.18. The van der Waals surface area contributed by atoms with Crippen LogP contribution in [0.15, 0.2) is 47.1 Å². The van der Waals surface area contributed by atoms with E-state index < -0.39 is 0 Å². The SMILES string of the molecule is O=C(NC1CCN(C(=O)c2ccco2)CC1)C1CC1c1ccccc1F. The summed E-state index contributed by atoms with van der Waals surface area (Å²) in [7, 11) is 0. The van der Waals surface area contributed by atoms with Gasteiger partial charge in [-0.3, -0.25) is 9.59 Å². The van der Waals surface area contributed by atoms with Crippen LogP contribution in [0, 0.1) is 11.7 Å². The Morgan fingerprint density at radius 2 is 1.88 bits per heavy atom. The lowest BCUT2D eigenvalue weighted by molar-refractivity contribution is -0.123. The molecule has 2 aliphatic rings. The number of hydrogen-bond donors (Lipinski definition) is 1. The van der Waals surface area contributed by atoms with Gasteiger partial charge in [-0.25, -0.2) is 4.39 Å². The summed E-state index contributed by atoms with van der Waals surface area (Å²) in [5.74, 6) is -0.169. The number of amides is 2. The number of furan rings is 1. The molecular weight excluding hydrogens is 335 g/mol. The van der Waals surface area contributed by atoms with Crippen LogP contribution in [0.2, 0.25) is 0 Å². The molecule has 2 unspecified atom stereocenters. The predicted octanol–water partition coefficient (Wildman–Crippen LogP) is 2.94. The van der Waals surface area contributed by atoms with Crippen molar-refractivity contribution in [3.05, 3.63) is 59.8 Å². The van der Waals surface area contributed by atoms with Crippen LogP contribution in [0.1, 0.15) is 41.3 Å². The van der Waals surface area contributed by atoms with Gasteiger partial charge in [0.2, 0.25) is 5.91 Å². The van der Waals surface area contributed by atoms with Gasteiger partial charge in [0.05, 0.1) is 6.26 Å². The third-order valence-corrected chi connectivity index (χ3v) is 5.29. The van der Waals surface area contributed by atoms with Gasteiger partial charge in [-0.05, 0) is 48.9 Å². The highest BCUT2D eigenvalue weighted by atomic mass is 19.1. The molecule has 136 valence electrons. The Kier molecular flexibility index (Phi) is 4.49. The molecule has 1 aliphatic heterocycles. The lowest BCUT2D eigenvalue weighted by atomic mass is 10.0. The minimum absolute atomic E-state index is 0.00550. The molecule has 1 aliphatic carbocycles. The Morgan fingerprint density at radius 1 is 1.12 bits per heavy atom. The van der Waals surface area contributed by atoms with Crippen molar-refractivity contribution >= 4 is 11.8 Å². The van der Waals surface area contributed by atoms with E-state index >= 15 is 0 Å². The molecular formula is C20H21FN2O3. The largest absolute Gasteiger partial charge is 0.459 e. The van der Waals surface area contributed by atoms with Crippen molar-refractivity contribution < 1.29 is 18.4 Å². The molecule has 0 radical (unpaired) electrons. The molecule has 5 nitrogen and oxygen atoms in total. The number of rotatable bonds is 4. The number of nitrogens with zero attached hydrogens (tertiary/aromatic N) is 1. The van der Waals surface area contributed by atoms with E-state index in [-0.39, 0.29) is 35.5 Å². The fourth-order valence-electron chi connectivity index (χ4n) is 3.70. The maximum Gasteiger partial charge on any atom is 0.289 e. The number of benzene rings is 1. The van der Waals surface area contributed by atoms with Crippen molar-refractivity contribution in [1.82, 2.24) is 10.2 Å². The van der Waals surface area contributed by atoms with Crippen molar-refractivity contribution in [3.8, 4) is 0 Å². The molecule has 1 aromatic heterocycles. The zero-order chi connectivity index (χ0) is 18.1. The molecule has 4 rings (SSSR count). The second-order valence-electron chi connectivity index (χ2n) is 7.02. The fraction of sp³-hybridized carbons (Fsp3) is 0.400. The summed E-state index contributed by atoms with van der Waals surface area (Å²) in [6.07, 6.45) is 3.62. The summed E-state index contributed by atoms with van der Waals surface area (Å²) < 4.78 is 19.0. The van der Waals surface area contributed by atoms with Crippen LogP contribution in [0.5, 0.6) is 0 Å². The molecule has 2 amide bonds. The third-order valence-electron chi connectivity index (χ3n) is 5.29. The van der Waals surface area contributed by atoms with Gasteiger partial charge < -0.3 is 14.6 Å². The number of nitrogens with one attached hydrogen (secondary N) is 1. The van der Waals surface area contributed by atoms with Crippen LogP contribution in [0.25, 0.3) is 0 Å². The highest BCUT2D eigenvalue weighted by Crippen LogP contribution is 2.48. The fourth-order valence-corrected chi connectivity index (χ4v) is 3.70. The summed E-state index contributed by atoms with van der Waals surface area (Å²) >= 11 is 0. The van der Waals surface area contributed by atoms with Crippen LogP contribution in [0.3, 0.4) is 0 Å². The number of likely N-dealkylation sites (tertiary alicyclic amines) is 1. The molecule has 0 bridgehead atoms. The maximum absolute atomic E-state index is 13.8. The monoisotopic (exact) mass is 356 g/mol. The highest BCUT2D eigenvalue weighted by Gasteiger charge is 2.45. The summed E-state index contributed by atoms with van der Waals surface area (Å²) in [5, 5.41) is 3.07. The van der Waals surface area contributed by atoms with Gasteiger partial charge in [-0.2, -0.15) is 0 Å². The van der Waals surface area contributed by atoms with Crippen LogP contribution in [-0.2, 0) is 4.79 Å². The molecule has 2 heterocycles. The summed E-state index contributed by atoms with van der Waals surface area (Å²) in [4.78, 5) is 26.4. The van der Waals surface area contributed by atoms with E-state index in [9.17, 15) is 14.0 Å². The smallest absolute Gasteiger partial charge is 0.289 e. The normalized spacial score (nSPS) is 22.9. The van der Waals surface area contributed by atoms with Crippen LogP contribution < -0.4 is 5.32 Å². The number of carbonyl (C=O) groups excluding carboxylic acids is 2. The average molecular weight is 356 g/mol. The molecule has 1 N–H and O–H groups in total. The predicted molar refractivity (Wildman–Crippen MR) is 93.0 cm³/mol. The van der Waals surface area contributed by atoms with E-state index in [0.29, 0.717) is 30.8 Å². The van der Waals surface area contributed by atoms with Crippen LogP contribution in [0.4, 0.5) is 4.39 Å². The third kappa shape index (κ3) is 3.36. The number of hydrogen-bond acceptors (Lipinski definition) is 3. The second-order valence-corrected chi connectivity index (χ2v) is 7.02. The first-order valence-electron chi connectivity index (χ1n) is 9.01. The Morgan fingerprint density at radius 3 is 2.58 bits per heavy atom. The molecule has 6 heteroatoms. The first-order chi connectivity index (χ1) is 12.6. The van der Waals surface area contributed by atoms with Gasteiger partial charge in [0.15, 0.2) is 5.76 Å². The first kappa shape index (κ1) is 16.8. The number of halogens is 1. The zero-order valence-electron chi connectivity index (χ0n) is 14.4. The first-order valence-corrected chi connectivity index (χ1v) is 9.01. The van der Waals surface area contributed by atoms with E-state index in [1.165, 1.54) is 12.3 Å². The molecule has 1 saturated heterocycles. The number of piperidine rings is 1. The summed E-state index contributed by atoms with van der Waals surface area (Å²) in [5.41, 5.74) is 0.631. The minimum atomic E-state index is -0.238. The quantitative estimate of drug-likeness (QED) is 0.916. The Labute approximate surface area is 151 Å². The Bertz CT molecular complexity index is 797. The highest BCUT2D eigenvalue weighted by molar-refractivity contribution is 5.91. The van der Waals surface area contributed by atoms with Crippen molar-refractivity contribution in [1.29, 1.82) is 0 Å². The van der Waals surface area contributed by atoms with Gasteiger partial charge in [0, 0.05) is 25.0 Å². The molecule has 1 saturated carbocycles. The lowest BCUT2D eigenvalue weighted by Gasteiger charge is -2.32. The van der Waals surface area contributed by atoms with E-state index in [1.807, 2.05) is 0 Å². The summed E-state index contributed by atoms with van der Waals surface area (Å²) in [6, 6.07) is 10.1. The Balaban J connectivity index is 1.27. The molecule has 0 spiro atoms. The van der Waals surface area contributed by atoms with Gasteiger partial charge in [0.1, 0.15) is 5.82 Å². The molecule has 2 atom stereocenters. The second kappa shape index (κ2) is 6.94. The minimum Gasteiger partial charge on any atom is -0.459 e. The molecule has 2 fully saturated rings. The van der Waals surface area contributed by atoms with Gasteiger partial charge in [-0.1, -0.05) is 18.2 Å². The van der Waals surface area contributed by atoms with E-state index in [4.69, 9.17) is 4.42 Å². The molecule has 1 aromatic carbocycles. The molecule has 2 aromatic rings. The lowest BCUT2D eigenvalue weighted by Crippen LogP contribution is -2.47. The number of carbonyl (C=O) groups is 2. The van der Waals surface area contributed by atoms with Gasteiger partial charge in [-0.15, -0.1) is 0 Å². The van der Waals surface area contributed by atoms with Crippen LogP contribution >= 0.6 is 0 Å². The zero-order valence-corrected chi connectivity index (χ0v) is 14.4. The van der Waals surface area contributed by atoms with Crippen molar-refractivity contribution in [2.75, 3.05) is 13.1 Å². The van der Waals surface area contributed by atoms with Gasteiger partial charge in [0.25, 0.3) is 5.91 Å². The van der Waals surface area contributed by atoms with E-state index in [2.05, 4.69) is 5.32 Å². The Hall–Kier alpha value is -2.63. The topological polar surface area (TPSA) is 62.6 Å². The van der Waals surface area contributed by atoms with Crippen LogP contribution in [-0.4, -0.2) is 35.8 Å². The molecule has 26 heavy (non-hydrogen) atoms. The van der Waals surface area contributed by atoms with Gasteiger partial charge >= 0.3 is 0 Å². The van der Waals surface area contributed by atoms with E-state index in [1.54, 1.807) is 35.2 Å². The average Bonchev–Trinajstić information content (AvgIpc) is 3.26. The van der Waals surface area contributed by atoms with Crippen molar-refractivity contribution in [2.45, 2.75) is 31.2 Å². The van der Waals surface area contributed by atoms with E-state index in [0.717, 1.165) is 12.8 Å². The van der Waals surface area contributed by atoms with Crippen molar-refractivity contribution in [2.24, 2.45) is 5.92 Å². The standard InChI is InChI=1S/C20H21FN2O3/c21-17-5-2-1-4-14(17)15-12-16(15)19(24)22-13-7-9-23(10-8-13)20(25)18-6-3-11-26-18/h1-6,11,13,15-16H,7-10,12H2,(H,22,24).